The van der Waals surface area contributed by atoms with Gasteiger partial charge in [0.2, 0.25) is 0 Å². The van der Waals surface area contributed by atoms with E-state index in [1.807, 2.05) is 24.3 Å². The van der Waals surface area contributed by atoms with Gasteiger partial charge in [0.15, 0.2) is 0 Å². The molecule has 0 saturated heterocycles. The lowest BCUT2D eigenvalue weighted by Gasteiger charge is -2.05. The number of carbonyl (C=O) groups is 1. The molecule has 0 heterocycles. The third-order valence-electron chi connectivity index (χ3n) is 2.24. The molecule has 94 valence electrons. The van der Waals surface area contributed by atoms with Crippen molar-refractivity contribution in [2.45, 2.75) is 20.1 Å². The van der Waals surface area contributed by atoms with Gasteiger partial charge in [-0.25, -0.2) is 0 Å². The number of carbonyl (C=O) groups excluding carboxylic acids is 1. The summed E-state index contributed by atoms with van der Waals surface area (Å²) in [5.74, 6) is -0.219. The molecule has 0 fully saturated rings. The lowest BCUT2D eigenvalue weighted by Crippen LogP contribution is -2.24. The quantitative estimate of drug-likeness (QED) is 0.730. The molecular weight excluding hydrogens is 218 g/mol. The number of nitrogens with one attached hydrogen (secondary N) is 1. The Kier molecular flexibility index (Phi) is 6.29. The molecule has 0 amide bonds. The molecular formula is C13H19NO3. The smallest absolute Gasteiger partial charge is 0.319 e. The van der Waals surface area contributed by atoms with Gasteiger partial charge in [-0.05, 0) is 18.1 Å². The number of benzene rings is 1. The van der Waals surface area contributed by atoms with Gasteiger partial charge in [-0.2, -0.15) is 0 Å². The van der Waals surface area contributed by atoms with Crippen molar-refractivity contribution in [2.75, 3.05) is 20.3 Å². The zero-order valence-corrected chi connectivity index (χ0v) is 10.4. The third-order valence-corrected chi connectivity index (χ3v) is 2.24. The molecule has 4 nitrogen and oxygen atoms in total. The van der Waals surface area contributed by atoms with Crippen LogP contribution in [0.25, 0.3) is 0 Å². The molecule has 0 atom stereocenters. The van der Waals surface area contributed by atoms with Crippen molar-refractivity contribution >= 4 is 5.97 Å². The first-order valence-electron chi connectivity index (χ1n) is 5.69. The summed E-state index contributed by atoms with van der Waals surface area (Å²) in [6.45, 7) is 3.74. The standard InChI is InChI=1S/C13H19NO3/c1-3-17-13(15)9-14-8-11-4-6-12(7-5-11)10-16-2/h4-7,14H,3,8-10H2,1-2H3. The van der Waals surface area contributed by atoms with Gasteiger partial charge in [0.05, 0.1) is 19.8 Å². The van der Waals surface area contributed by atoms with Crippen LogP contribution in [0.3, 0.4) is 0 Å². The van der Waals surface area contributed by atoms with Crippen LogP contribution in [0.5, 0.6) is 0 Å². The van der Waals surface area contributed by atoms with Crippen LogP contribution in [0.1, 0.15) is 18.1 Å². The van der Waals surface area contributed by atoms with Gasteiger partial charge in [0, 0.05) is 13.7 Å². The normalized spacial score (nSPS) is 10.2. The number of esters is 1. The van der Waals surface area contributed by atoms with Crippen molar-refractivity contribution in [3.8, 4) is 0 Å². The van der Waals surface area contributed by atoms with Crippen LogP contribution in [0.2, 0.25) is 0 Å². The number of hydrogen-bond donors (Lipinski definition) is 1. The zero-order valence-electron chi connectivity index (χ0n) is 10.4. The van der Waals surface area contributed by atoms with E-state index in [1.165, 1.54) is 0 Å². The highest BCUT2D eigenvalue weighted by atomic mass is 16.5. The second-order valence-electron chi connectivity index (χ2n) is 3.66. The van der Waals surface area contributed by atoms with Crippen molar-refractivity contribution in [3.63, 3.8) is 0 Å². The molecule has 0 unspecified atom stereocenters. The summed E-state index contributed by atoms with van der Waals surface area (Å²) in [7, 11) is 1.68. The fraction of sp³-hybridized carbons (Fsp3) is 0.462. The highest BCUT2D eigenvalue weighted by Crippen LogP contribution is 2.05. The molecule has 0 aliphatic carbocycles. The first kappa shape index (κ1) is 13.7. The van der Waals surface area contributed by atoms with E-state index in [1.54, 1.807) is 14.0 Å². The third kappa shape index (κ3) is 5.47. The Hall–Kier alpha value is -1.39. The van der Waals surface area contributed by atoms with E-state index in [0.29, 0.717) is 19.8 Å². The molecule has 0 spiro atoms. The first-order chi connectivity index (χ1) is 8.26. The summed E-state index contributed by atoms with van der Waals surface area (Å²) in [5.41, 5.74) is 2.27. The largest absolute Gasteiger partial charge is 0.465 e. The van der Waals surface area contributed by atoms with E-state index >= 15 is 0 Å². The lowest BCUT2D eigenvalue weighted by atomic mass is 10.1. The molecule has 1 aromatic carbocycles. The SMILES string of the molecule is CCOC(=O)CNCc1ccc(COC)cc1. The summed E-state index contributed by atoms with van der Waals surface area (Å²) < 4.78 is 9.84. The summed E-state index contributed by atoms with van der Waals surface area (Å²) in [6, 6.07) is 8.08. The van der Waals surface area contributed by atoms with Crippen molar-refractivity contribution < 1.29 is 14.3 Å². The van der Waals surface area contributed by atoms with Crippen LogP contribution < -0.4 is 5.32 Å². The van der Waals surface area contributed by atoms with Crippen molar-refractivity contribution in [1.82, 2.24) is 5.32 Å². The topological polar surface area (TPSA) is 47.6 Å². The van der Waals surface area contributed by atoms with Gasteiger partial charge in [-0.15, -0.1) is 0 Å². The van der Waals surface area contributed by atoms with Crippen LogP contribution in [0, 0.1) is 0 Å². The second kappa shape index (κ2) is 7.81. The Labute approximate surface area is 102 Å². The monoisotopic (exact) mass is 237 g/mol. The maximum atomic E-state index is 11.1. The van der Waals surface area contributed by atoms with Gasteiger partial charge in [-0.1, -0.05) is 24.3 Å². The predicted octanol–water partition coefficient (Wildman–Crippen LogP) is 1.49. The number of rotatable bonds is 7. The molecule has 1 rings (SSSR count). The first-order valence-corrected chi connectivity index (χ1v) is 5.69. The van der Waals surface area contributed by atoms with E-state index < -0.39 is 0 Å². The van der Waals surface area contributed by atoms with Gasteiger partial charge < -0.3 is 14.8 Å². The van der Waals surface area contributed by atoms with Crippen LogP contribution in [0.15, 0.2) is 24.3 Å². The van der Waals surface area contributed by atoms with E-state index in [-0.39, 0.29) is 12.5 Å². The average molecular weight is 237 g/mol. The molecule has 1 N–H and O–H groups in total. The second-order valence-corrected chi connectivity index (χ2v) is 3.66. The molecule has 0 bridgehead atoms. The molecule has 0 aromatic heterocycles. The Morgan fingerprint density at radius 2 is 1.88 bits per heavy atom. The minimum Gasteiger partial charge on any atom is -0.465 e. The van der Waals surface area contributed by atoms with Crippen molar-refractivity contribution in [1.29, 1.82) is 0 Å². The number of methoxy groups -OCH3 is 1. The molecule has 17 heavy (non-hydrogen) atoms. The summed E-state index contributed by atoms with van der Waals surface area (Å²) in [4.78, 5) is 11.1. The van der Waals surface area contributed by atoms with Crippen LogP contribution in [0.4, 0.5) is 0 Å². The van der Waals surface area contributed by atoms with Crippen LogP contribution >= 0.6 is 0 Å². The van der Waals surface area contributed by atoms with E-state index in [4.69, 9.17) is 9.47 Å². The van der Waals surface area contributed by atoms with Crippen LogP contribution in [-0.2, 0) is 27.4 Å². The molecule has 1 aromatic rings. The average Bonchev–Trinajstić information content (AvgIpc) is 2.32. The number of hydrogen-bond acceptors (Lipinski definition) is 4. The Balaban J connectivity index is 2.29. The molecule has 0 radical (unpaired) electrons. The minimum absolute atomic E-state index is 0.219. The van der Waals surface area contributed by atoms with E-state index in [9.17, 15) is 4.79 Å². The van der Waals surface area contributed by atoms with Gasteiger partial charge in [0.1, 0.15) is 0 Å². The maximum absolute atomic E-state index is 11.1. The Morgan fingerprint density at radius 3 is 2.47 bits per heavy atom. The Morgan fingerprint density at radius 1 is 1.24 bits per heavy atom. The van der Waals surface area contributed by atoms with E-state index in [2.05, 4.69) is 5.32 Å². The molecule has 0 aliphatic rings. The highest BCUT2D eigenvalue weighted by molar-refractivity contribution is 5.71. The minimum atomic E-state index is -0.219. The summed E-state index contributed by atoms with van der Waals surface area (Å²) in [6.07, 6.45) is 0. The van der Waals surface area contributed by atoms with Gasteiger partial charge >= 0.3 is 5.97 Å². The summed E-state index contributed by atoms with van der Waals surface area (Å²) in [5, 5.41) is 3.03. The predicted molar refractivity (Wildman–Crippen MR) is 65.5 cm³/mol. The maximum Gasteiger partial charge on any atom is 0.319 e. The van der Waals surface area contributed by atoms with Crippen molar-refractivity contribution in [3.05, 3.63) is 35.4 Å². The lowest BCUT2D eigenvalue weighted by molar-refractivity contribution is -0.142. The highest BCUT2D eigenvalue weighted by Gasteiger charge is 2.00. The fourth-order valence-corrected chi connectivity index (χ4v) is 1.44. The molecule has 0 aliphatic heterocycles. The number of ether oxygens (including phenoxy) is 2. The molecule has 4 heteroatoms. The van der Waals surface area contributed by atoms with E-state index in [0.717, 1.165) is 11.1 Å². The zero-order chi connectivity index (χ0) is 12.5. The Bertz CT molecular complexity index is 335. The summed E-state index contributed by atoms with van der Waals surface area (Å²) >= 11 is 0. The van der Waals surface area contributed by atoms with Gasteiger partial charge in [-0.3, -0.25) is 4.79 Å². The fourth-order valence-electron chi connectivity index (χ4n) is 1.44. The van der Waals surface area contributed by atoms with Gasteiger partial charge in [0.25, 0.3) is 0 Å². The van der Waals surface area contributed by atoms with Crippen LogP contribution in [-0.4, -0.2) is 26.2 Å². The van der Waals surface area contributed by atoms with Crippen molar-refractivity contribution in [2.24, 2.45) is 0 Å². The molecule has 0 saturated carbocycles.